The highest BCUT2D eigenvalue weighted by Gasteiger charge is 2.56. The van der Waals surface area contributed by atoms with E-state index in [-0.39, 0.29) is 28.6 Å². The van der Waals surface area contributed by atoms with Gasteiger partial charge in [0.05, 0.1) is 5.92 Å². The van der Waals surface area contributed by atoms with E-state index in [0.717, 1.165) is 18.4 Å². The van der Waals surface area contributed by atoms with Gasteiger partial charge >= 0.3 is 5.97 Å². The van der Waals surface area contributed by atoms with E-state index in [1.807, 2.05) is 0 Å². The second-order valence-electron chi connectivity index (χ2n) is 7.75. The Morgan fingerprint density at radius 2 is 1.75 bits per heavy atom. The molecule has 0 aliphatic heterocycles. The highest BCUT2D eigenvalue weighted by molar-refractivity contribution is 5.82. The van der Waals surface area contributed by atoms with Gasteiger partial charge in [0.2, 0.25) is 5.91 Å². The summed E-state index contributed by atoms with van der Waals surface area (Å²) in [4.78, 5) is 23.7. The van der Waals surface area contributed by atoms with Gasteiger partial charge in [0.15, 0.2) is 0 Å². The van der Waals surface area contributed by atoms with Crippen LogP contribution in [-0.2, 0) is 15.0 Å². The molecule has 2 saturated carbocycles. The predicted molar refractivity (Wildman–Crippen MR) is 88.0 cm³/mol. The maximum absolute atomic E-state index is 13.2. The van der Waals surface area contributed by atoms with Crippen LogP contribution in [0, 0.1) is 17.7 Å². The molecule has 5 heteroatoms. The monoisotopic (exact) mass is 333 g/mol. The minimum absolute atomic E-state index is 0.0357. The number of carboxylic acid groups (broad SMARTS) is 1. The van der Waals surface area contributed by atoms with Gasteiger partial charge in [-0.15, -0.1) is 0 Å². The van der Waals surface area contributed by atoms with Crippen molar-refractivity contribution in [3.8, 4) is 0 Å². The lowest BCUT2D eigenvalue weighted by molar-refractivity contribution is -0.141. The largest absolute Gasteiger partial charge is 0.481 e. The zero-order chi connectivity index (χ0) is 17.5. The van der Waals surface area contributed by atoms with Crippen LogP contribution in [0.5, 0.6) is 0 Å². The quantitative estimate of drug-likeness (QED) is 0.869. The predicted octanol–water partition coefficient (Wildman–Crippen LogP) is 3.25. The Hall–Kier alpha value is -1.91. The molecule has 0 unspecified atom stereocenters. The first-order chi connectivity index (χ1) is 11.2. The molecule has 1 aromatic rings. The average Bonchev–Trinajstić information content (AvgIpc) is 3.13. The molecule has 2 fully saturated rings. The molecule has 0 radical (unpaired) electrons. The summed E-state index contributed by atoms with van der Waals surface area (Å²) in [6.07, 6.45) is 3.41. The van der Waals surface area contributed by atoms with Gasteiger partial charge in [-0.05, 0) is 49.8 Å². The number of carboxylic acids is 1. The molecule has 3 rings (SSSR count). The topological polar surface area (TPSA) is 66.4 Å². The van der Waals surface area contributed by atoms with Crippen LogP contribution in [0.4, 0.5) is 4.39 Å². The van der Waals surface area contributed by atoms with E-state index in [9.17, 15) is 14.0 Å². The van der Waals surface area contributed by atoms with E-state index >= 15 is 0 Å². The molecule has 2 aliphatic rings. The minimum atomic E-state index is -0.807. The Morgan fingerprint density at radius 1 is 1.17 bits per heavy atom. The van der Waals surface area contributed by atoms with Crippen LogP contribution in [0.3, 0.4) is 0 Å². The summed E-state index contributed by atoms with van der Waals surface area (Å²) in [5.41, 5.74) is 0.376. The van der Waals surface area contributed by atoms with Gasteiger partial charge in [0.1, 0.15) is 5.82 Å². The molecule has 24 heavy (non-hydrogen) atoms. The number of rotatable bonds is 5. The number of nitrogens with one attached hydrogen (secondary N) is 1. The Bertz CT molecular complexity index is 649. The van der Waals surface area contributed by atoms with E-state index in [1.54, 1.807) is 12.1 Å². The molecular formula is C19H24FNO3. The van der Waals surface area contributed by atoms with Crippen LogP contribution >= 0.6 is 0 Å². The molecule has 130 valence electrons. The van der Waals surface area contributed by atoms with Gasteiger partial charge in [-0.3, -0.25) is 9.59 Å². The number of carbonyl (C=O) groups is 2. The number of hydrogen-bond acceptors (Lipinski definition) is 2. The summed E-state index contributed by atoms with van der Waals surface area (Å²) in [5.74, 6) is -1.73. The lowest BCUT2D eigenvalue weighted by Gasteiger charge is -2.37. The highest BCUT2D eigenvalue weighted by Crippen LogP contribution is 2.51. The third kappa shape index (κ3) is 2.92. The maximum atomic E-state index is 13.2. The third-order valence-corrected chi connectivity index (χ3v) is 6.03. The minimum Gasteiger partial charge on any atom is -0.481 e. The number of carbonyl (C=O) groups excluding carboxylic acids is 1. The average molecular weight is 333 g/mol. The summed E-state index contributed by atoms with van der Waals surface area (Å²) < 4.78 is 13.2. The van der Waals surface area contributed by atoms with Gasteiger partial charge in [-0.1, -0.05) is 26.0 Å². The normalized spacial score (nSPS) is 25.3. The van der Waals surface area contributed by atoms with Crippen LogP contribution in [-0.4, -0.2) is 22.5 Å². The first-order valence-electron chi connectivity index (χ1n) is 8.56. The van der Waals surface area contributed by atoms with E-state index < -0.39 is 11.9 Å². The second-order valence-corrected chi connectivity index (χ2v) is 7.75. The van der Waals surface area contributed by atoms with Crippen molar-refractivity contribution in [2.75, 3.05) is 0 Å². The maximum Gasteiger partial charge on any atom is 0.306 e. The van der Waals surface area contributed by atoms with Gasteiger partial charge in [-0.2, -0.15) is 0 Å². The molecule has 2 aliphatic carbocycles. The smallest absolute Gasteiger partial charge is 0.306 e. The second kappa shape index (κ2) is 5.87. The number of amides is 1. The van der Waals surface area contributed by atoms with Crippen molar-refractivity contribution in [1.82, 2.24) is 5.32 Å². The van der Waals surface area contributed by atoms with Crippen molar-refractivity contribution in [3.05, 3.63) is 35.6 Å². The van der Waals surface area contributed by atoms with Crippen molar-refractivity contribution in [1.29, 1.82) is 0 Å². The summed E-state index contributed by atoms with van der Waals surface area (Å²) in [6.45, 7) is 4.14. The molecule has 2 atom stereocenters. The molecule has 0 saturated heterocycles. The van der Waals surface area contributed by atoms with Crippen LogP contribution in [0.2, 0.25) is 0 Å². The van der Waals surface area contributed by atoms with Crippen LogP contribution < -0.4 is 5.32 Å². The number of hydrogen-bond donors (Lipinski definition) is 2. The van der Waals surface area contributed by atoms with Crippen molar-refractivity contribution in [2.24, 2.45) is 11.8 Å². The van der Waals surface area contributed by atoms with E-state index in [1.165, 1.54) is 12.1 Å². The molecule has 1 aromatic carbocycles. The van der Waals surface area contributed by atoms with Crippen LogP contribution in [0.15, 0.2) is 24.3 Å². The standard InChI is InChI=1S/C19H24FNO3/c1-18(2,14-5-7-15(20)8-6-14)19(9-10-19)21-16(22)12-3-4-13(11-12)17(23)24/h5-8,12-13H,3-4,9-11H2,1-2H3,(H,21,22)(H,23,24)/t12-,13+/m1/s1. The van der Waals surface area contributed by atoms with E-state index in [0.29, 0.717) is 19.3 Å². The molecule has 0 bridgehead atoms. The SMILES string of the molecule is CC(C)(c1ccc(F)cc1)C1(NC(=O)[C@@H]2CC[C@H](C(=O)O)C2)CC1. The third-order valence-electron chi connectivity index (χ3n) is 6.03. The molecule has 0 aromatic heterocycles. The Labute approximate surface area is 141 Å². The summed E-state index contributed by atoms with van der Waals surface area (Å²) in [6, 6.07) is 6.45. The molecule has 0 heterocycles. The van der Waals surface area contributed by atoms with Crippen LogP contribution in [0.25, 0.3) is 0 Å². The van der Waals surface area contributed by atoms with E-state index in [4.69, 9.17) is 5.11 Å². The Kier molecular flexibility index (Phi) is 4.14. The summed E-state index contributed by atoms with van der Waals surface area (Å²) in [5, 5.41) is 12.3. The number of halogens is 1. The fourth-order valence-corrected chi connectivity index (χ4v) is 3.96. The number of aliphatic carboxylic acids is 1. The highest BCUT2D eigenvalue weighted by atomic mass is 19.1. The molecule has 4 nitrogen and oxygen atoms in total. The zero-order valence-electron chi connectivity index (χ0n) is 14.1. The Morgan fingerprint density at radius 3 is 2.25 bits per heavy atom. The van der Waals surface area contributed by atoms with Gasteiger partial charge in [0, 0.05) is 16.9 Å². The number of benzene rings is 1. The van der Waals surface area contributed by atoms with Gasteiger partial charge in [-0.25, -0.2) is 4.39 Å². The van der Waals surface area contributed by atoms with Gasteiger partial charge < -0.3 is 10.4 Å². The zero-order valence-corrected chi connectivity index (χ0v) is 14.1. The van der Waals surface area contributed by atoms with E-state index in [2.05, 4.69) is 19.2 Å². The Balaban J connectivity index is 1.71. The first kappa shape index (κ1) is 16.9. The van der Waals surface area contributed by atoms with Crippen LogP contribution in [0.1, 0.15) is 51.5 Å². The molecule has 0 spiro atoms. The first-order valence-corrected chi connectivity index (χ1v) is 8.56. The fourth-order valence-electron chi connectivity index (χ4n) is 3.96. The fraction of sp³-hybridized carbons (Fsp3) is 0.579. The summed E-state index contributed by atoms with van der Waals surface area (Å²) in [7, 11) is 0. The molecular weight excluding hydrogens is 309 g/mol. The lowest BCUT2D eigenvalue weighted by Crippen LogP contribution is -2.51. The van der Waals surface area contributed by atoms with Gasteiger partial charge in [0.25, 0.3) is 0 Å². The van der Waals surface area contributed by atoms with Crippen molar-refractivity contribution in [2.45, 2.75) is 56.9 Å². The van der Waals surface area contributed by atoms with Crippen molar-refractivity contribution >= 4 is 11.9 Å². The summed E-state index contributed by atoms with van der Waals surface area (Å²) >= 11 is 0. The molecule has 1 amide bonds. The van der Waals surface area contributed by atoms with Crippen molar-refractivity contribution < 1.29 is 19.1 Å². The molecule has 2 N–H and O–H groups in total. The lowest BCUT2D eigenvalue weighted by atomic mass is 9.75. The van der Waals surface area contributed by atoms with Crippen molar-refractivity contribution in [3.63, 3.8) is 0 Å².